The maximum atomic E-state index is 11.2. The molecule has 54 valence electrons. The van der Waals surface area contributed by atoms with Gasteiger partial charge in [0.25, 0.3) is 0 Å². The zero-order valence-corrected chi connectivity index (χ0v) is 4.37. The van der Waals surface area contributed by atoms with Gasteiger partial charge in [-0.2, -0.15) is 0 Å². The second kappa shape index (κ2) is 2.20. The molecule has 0 aliphatic carbocycles. The number of rotatable bonds is 0. The van der Waals surface area contributed by atoms with Gasteiger partial charge in [-0.3, -0.25) is 0 Å². The number of alkyl halides is 3. The molecule has 0 bridgehead atoms. The van der Waals surface area contributed by atoms with Gasteiger partial charge in [-0.1, -0.05) is 0 Å². The number of nitrogens with zero attached hydrogens (tertiary/aromatic N) is 1. The Morgan fingerprint density at radius 2 is 1.78 bits per heavy atom. The summed E-state index contributed by atoms with van der Waals surface area (Å²) in [4.78, 5) is 8.38. The summed E-state index contributed by atoms with van der Waals surface area (Å²) < 4.78 is 44.7. The summed E-state index contributed by atoms with van der Waals surface area (Å²) in [5, 5.41) is 0. The molecule has 1 amide bonds. The fraction of sp³-hybridized carbons (Fsp3) is 0.667. The first-order chi connectivity index (χ1) is 3.85. The lowest BCUT2D eigenvalue weighted by molar-refractivity contribution is -0.217. The monoisotopic (exact) mass is 145 g/mol. The van der Waals surface area contributed by atoms with Crippen molar-refractivity contribution in [1.82, 2.24) is 4.90 Å². The van der Waals surface area contributed by atoms with Crippen LogP contribution in [-0.2, 0) is 0 Å². The second-order valence-electron chi connectivity index (χ2n) is 1.28. The van der Waals surface area contributed by atoms with Gasteiger partial charge < -0.3 is 0 Å². The molecule has 0 N–H and O–H groups in total. The van der Waals surface area contributed by atoms with E-state index < -0.39 is 17.4 Å². The molecule has 0 unspecified atom stereocenters. The largest absolute Gasteiger partial charge is 0.488 e. The van der Waals surface area contributed by atoms with Crippen LogP contribution < -0.4 is 0 Å². The molecular formula is C3H3F4NO. The quantitative estimate of drug-likeness (QED) is 0.287. The predicted molar refractivity (Wildman–Crippen MR) is 20.3 cm³/mol. The van der Waals surface area contributed by atoms with E-state index in [0.29, 0.717) is 7.05 Å². The minimum Gasteiger partial charge on any atom is -0.234 e. The molecule has 0 aromatic heterocycles. The zero-order chi connectivity index (χ0) is 7.65. The van der Waals surface area contributed by atoms with Crippen molar-refractivity contribution in [1.29, 1.82) is 0 Å². The number of hydrogen-bond donors (Lipinski definition) is 0. The highest BCUT2D eigenvalue weighted by Gasteiger charge is 2.37. The minimum absolute atomic E-state index is 0.308. The van der Waals surface area contributed by atoms with E-state index >= 15 is 0 Å². The third-order valence-corrected chi connectivity index (χ3v) is 0.644. The van der Waals surface area contributed by atoms with Crippen LogP contribution in [0.3, 0.4) is 0 Å². The van der Waals surface area contributed by atoms with Crippen molar-refractivity contribution in [2.45, 2.75) is 6.30 Å². The van der Waals surface area contributed by atoms with Gasteiger partial charge in [-0.25, -0.2) is 9.69 Å². The van der Waals surface area contributed by atoms with Crippen LogP contribution in [0.15, 0.2) is 0 Å². The van der Waals surface area contributed by atoms with Crippen molar-refractivity contribution >= 4 is 6.16 Å². The maximum absolute atomic E-state index is 11.2. The molecule has 0 saturated carbocycles. The van der Waals surface area contributed by atoms with Gasteiger partial charge in [-0.05, 0) is 0 Å². The lowest BCUT2D eigenvalue weighted by atomic mass is 10.8. The van der Waals surface area contributed by atoms with E-state index in [1.807, 2.05) is 0 Å². The molecule has 0 rings (SSSR count). The summed E-state index contributed by atoms with van der Waals surface area (Å²) in [6, 6.07) is 0. The van der Waals surface area contributed by atoms with Crippen LogP contribution in [0.25, 0.3) is 0 Å². The Bertz CT molecular complexity index is 119. The average molecular weight is 145 g/mol. The van der Waals surface area contributed by atoms with Crippen molar-refractivity contribution in [3.05, 3.63) is 0 Å². The SMILES string of the molecule is CN(C(=O)F)C(F)(F)F. The van der Waals surface area contributed by atoms with Crippen molar-refractivity contribution in [2.24, 2.45) is 0 Å². The predicted octanol–water partition coefficient (Wildman–Crippen LogP) is 1.53. The first-order valence-electron chi connectivity index (χ1n) is 1.85. The van der Waals surface area contributed by atoms with E-state index in [4.69, 9.17) is 0 Å². The maximum Gasteiger partial charge on any atom is 0.488 e. The fourth-order valence-electron chi connectivity index (χ4n) is 0.0997. The summed E-state index contributed by atoms with van der Waals surface area (Å²) in [6.07, 6.45) is -7.42. The van der Waals surface area contributed by atoms with E-state index in [0.717, 1.165) is 0 Å². The van der Waals surface area contributed by atoms with Crippen LogP contribution in [0.1, 0.15) is 0 Å². The lowest BCUT2D eigenvalue weighted by Gasteiger charge is -2.14. The van der Waals surface area contributed by atoms with E-state index in [1.165, 1.54) is 0 Å². The number of carbonyl (C=O) groups excluding carboxylic acids is 1. The number of hydrogen-bond acceptors (Lipinski definition) is 1. The minimum atomic E-state index is -4.91. The smallest absolute Gasteiger partial charge is 0.234 e. The summed E-state index contributed by atoms with van der Waals surface area (Å²) in [6.45, 7) is 0. The van der Waals surface area contributed by atoms with Gasteiger partial charge in [0.05, 0.1) is 0 Å². The third-order valence-electron chi connectivity index (χ3n) is 0.644. The van der Waals surface area contributed by atoms with Crippen molar-refractivity contribution in [2.75, 3.05) is 7.05 Å². The molecule has 0 heterocycles. The van der Waals surface area contributed by atoms with E-state index in [2.05, 4.69) is 0 Å². The van der Waals surface area contributed by atoms with Gasteiger partial charge >= 0.3 is 12.5 Å². The Labute approximate surface area is 48.1 Å². The van der Waals surface area contributed by atoms with Crippen LogP contribution in [-0.4, -0.2) is 24.4 Å². The summed E-state index contributed by atoms with van der Waals surface area (Å²) in [5.41, 5.74) is 0. The summed E-state index contributed by atoms with van der Waals surface area (Å²) in [5.74, 6) is 0. The van der Waals surface area contributed by atoms with E-state index in [9.17, 15) is 22.4 Å². The first kappa shape index (κ1) is 8.19. The topological polar surface area (TPSA) is 20.3 Å². The van der Waals surface area contributed by atoms with Gasteiger partial charge in [-0.15, -0.1) is 17.6 Å². The normalized spacial score (nSPS) is 11.2. The standard InChI is InChI=1S/C3H3F4NO/c1-8(2(4)9)3(5,6)7/h1H3. The zero-order valence-electron chi connectivity index (χ0n) is 4.37. The van der Waals surface area contributed by atoms with Crippen molar-refractivity contribution < 1.29 is 22.4 Å². The summed E-state index contributed by atoms with van der Waals surface area (Å²) >= 11 is 0. The molecule has 0 aromatic carbocycles. The van der Waals surface area contributed by atoms with Crippen LogP contribution in [0, 0.1) is 0 Å². The first-order valence-corrected chi connectivity index (χ1v) is 1.85. The van der Waals surface area contributed by atoms with Crippen molar-refractivity contribution in [3.8, 4) is 0 Å². The number of carbonyl (C=O) groups is 1. The van der Waals surface area contributed by atoms with Gasteiger partial charge in [0, 0.05) is 7.05 Å². The van der Waals surface area contributed by atoms with E-state index in [-0.39, 0.29) is 0 Å². The van der Waals surface area contributed by atoms with E-state index in [1.54, 1.807) is 0 Å². The molecule has 0 atom stereocenters. The summed E-state index contributed by atoms with van der Waals surface area (Å²) in [7, 11) is 0.308. The molecule has 0 radical (unpaired) electrons. The fourth-order valence-corrected chi connectivity index (χ4v) is 0.0997. The van der Waals surface area contributed by atoms with Crippen LogP contribution >= 0.6 is 0 Å². The Morgan fingerprint density at radius 1 is 1.44 bits per heavy atom. The van der Waals surface area contributed by atoms with Crippen molar-refractivity contribution in [3.63, 3.8) is 0 Å². The molecule has 2 nitrogen and oxygen atoms in total. The Kier molecular flexibility index (Phi) is 2.00. The van der Waals surface area contributed by atoms with Crippen LogP contribution in [0.5, 0.6) is 0 Å². The van der Waals surface area contributed by atoms with Gasteiger partial charge in [0.1, 0.15) is 0 Å². The van der Waals surface area contributed by atoms with Gasteiger partial charge in [0.15, 0.2) is 0 Å². The average Bonchev–Trinajstić information content (AvgIpc) is 1.62. The highest BCUT2D eigenvalue weighted by molar-refractivity contribution is 5.65. The highest BCUT2D eigenvalue weighted by atomic mass is 19.4. The molecule has 0 aliphatic rings. The van der Waals surface area contributed by atoms with Crippen LogP contribution in [0.2, 0.25) is 0 Å². The van der Waals surface area contributed by atoms with Crippen LogP contribution in [0.4, 0.5) is 22.4 Å². The third kappa shape index (κ3) is 2.29. The Morgan fingerprint density at radius 3 is 1.78 bits per heavy atom. The highest BCUT2D eigenvalue weighted by Crippen LogP contribution is 2.19. The molecule has 0 spiro atoms. The molecule has 0 saturated heterocycles. The lowest BCUT2D eigenvalue weighted by Crippen LogP contribution is -2.36. The molecule has 9 heavy (non-hydrogen) atoms. The number of amides is 1. The molecule has 0 fully saturated rings. The number of halogens is 4. The molecule has 6 heteroatoms. The Balaban J connectivity index is 4.04. The second-order valence-corrected chi connectivity index (χ2v) is 1.28. The molecule has 0 aromatic rings. The molecular weight excluding hydrogens is 142 g/mol. The Hall–Kier alpha value is -0.810. The van der Waals surface area contributed by atoms with Gasteiger partial charge in [0.2, 0.25) is 0 Å². The molecule has 0 aliphatic heterocycles.